The van der Waals surface area contributed by atoms with E-state index in [0.717, 1.165) is 10.1 Å². The molecule has 3 heterocycles. The van der Waals surface area contributed by atoms with Crippen molar-refractivity contribution < 1.29 is 13.9 Å². The number of hydrogen-bond acceptors (Lipinski definition) is 9. The number of imidazole rings is 1. The smallest absolute Gasteiger partial charge is 0.332 e. The highest BCUT2D eigenvalue weighted by Crippen LogP contribution is 2.26. The van der Waals surface area contributed by atoms with Crippen molar-refractivity contribution in [2.24, 2.45) is 19.8 Å². The highest BCUT2D eigenvalue weighted by atomic mass is 16.5. The molecule has 0 aliphatic rings. The number of fused-ring (bicyclic) bond motifs is 1. The Kier molecular flexibility index (Phi) is 5.92. The van der Waals surface area contributed by atoms with E-state index in [1.54, 1.807) is 13.2 Å². The number of anilines is 1. The third-order valence-electron chi connectivity index (χ3n) is 5.42. The van der Waals surface area contributed by atoms with Crippen LogP contribution in [0.1, 0.15) is 17.9 Å². The first-order valence-electron chi connectivity index (χ1n) is 10.4. The summed E-state index contributed by atoms with van der Waals surface area (Å²) in [6.45, 7) is 2.11. The lowest BCUT2D eigenvalue weighted by Gasteiger charge is -2.08. The van der Waals surface area contributed by atoms with Crippen molar-refractivity contribution >= 4 is 23.0 Å². The average molecular weight is 468 g/mol. The number of methoxy groups -OCH3 is 1. The number of aromatic nitrogens is 6. The molecular weight excluding hydrogens is 444 g/mol. The van der Waals surface area contributed by atoms with Crippen molar-refractivity contribution in [3.8, 4) is 17.2 Å². The number of hydrogen-bond donors (Lipinski definition) is 2. The van der Waals surface area contributed by atoms with Crippen LogP contribution in [0, 0.1) is 6.92 Å². The fraction of sp³-hybridized carbons (Fsp3) is 0.333. The van der Waals surface area contributed by atoms with Gasteiger partial charge in [-0.05, 0) is 24.6 Å². The Morgan fingerprint density at radius 1 is 1.21 bits per heavy atom. The van der Waals surface area contributed by atoms with E-state index in [1.807, 2.05) is 19.1 Å². The second-order valence-electron chi connectivity index (χ2n) is 7.73. The van der Waals surface area contributed by atoms with E-state index in [9.17, 15) is 14.4 Å². The number of primary amides is 1. The molecule has 0 bridgehead atoms. The summed E-state index contributed by atoms with van der Waals surface area (Å²) in [5, 5.41) is 11.2. The van der Waals surface area contributed by atoms with Gasteiger partial charge in [0.15, 0.2) is 11.2 Å². The van der Waals surface area contributed by atoms with Crippen LogP contribution in [-0.4, -0.2) is 48.4 Å². The maximum Gasteiger partial charge on any atom is 0.332 e. The number of carbonyl (C=O) groups excluding carboxylic acids is 1. The van der Waals surface area contributed by atoms with Gasteiger partial charge in [-0.15, -0.1) is 10.2 Å². The molecule has 0 atom stereocenters. The minimum atomic E-state index is -0.531. The number of benzene rings is 1. The molecule has 0 aliphatic carbocycles. The van der Waals surface area contributed by atoms with E-state index < -0.39 is 17.2 Å². The van der Waals surface area contributed by atoms with Crippen molar-refractivity contribution in [2.75, 3.05) is 19.0 Å². The van der Waals surface area contributed by atoms with Crippen molar-refractivity contribution in [2.45, 2.75) is 19.9 Å². The molecule has 0 saturated carbocycles. The van der Waals surface area contributed by atoms with Gasteiger partial charge >= 0.3 is 5.69 Å². The van der Waals surface area contributed by atoms with Crippen LogP contribution in [0.15, 0.2) is 32.2 Å². The number of nitrogens with two attached hydrogens (primary N) is 1. The molecule has 0 aliphatic heterocycles. The zero-order valence-electron chi connectivity index (χ0n) is 19.2. The van der Waals surface area contributed by atoms with E-state index in [4.69, 9.17) is 14.9 Å². The molecule has 4 aromatic rings. The summed E-state index contributed by atoms with van der Waals surface area (Å²) in [5.74, 6) is 0.937. The number of nitrogens with one attached hydrogen (secondary N) is 1. The van der Waals surface area contributed by atoms with Crippen LogP contribution in [0.4, 0.5) is 5.95 Å². The monoisotopic (exact) mass is 468 g/mol. The van der Waals surface area contributed by atoms with Crippen LogP contribution < -0.4 is 27.0 Å². The van der Waals surface area contributed by atoms with Gasteiger partial charge in [0.05, 0.1) is 7.11 Å². The third-order valence-corrected chi connectivity index (χ3v) is 5.42. The van der Waals surface area contributed by atoms with Crippen molar-refractivity contribution in [3.05, 3.63) is 50.5 Å². The minimum absolute atomic E-state index is 0.00115. The molecule has 3 aromatic heterocycles. The van der Waals surface area contributed by atoms with E-state index in [1.165, 1.54) is 23.2 Å². The van der Waals surface area contributed by atoms with Crippen LogP contribution in [0.25, 0.3) is 22.6 Å². The van der Waals surface area contributed by atoms with Gasteiger partial charge in [-0.25, -0.2) is 4.79 Å². The summed E-state index contributed by atoms with van der Waals surface area (Å²) in [7, 11) is 4.48. The Labute approximate surface area is 192 Å². The summed E-state index contributed by atoms with van der Waals surface area (Å²) in [6.07, 6.45) is 0.0557. The predicted molar refractivity (Wildman–Crippen MR) is 123 cm³/mol. The number of amides is 1. The lowest BCUT2D eigenvalue weighted by atomic mass is 10.1. The van der Waals surface area contributed by atoms with Crippen molar-refractivity contribution in [3.63, 3.8) is 0 Å². The molecule has 1 amide bonds. The lowest BCUT2D eigenvalue weighted by molar-refractivity contribution is -0.117. The molecule has 0 unspecified atom stereocenters. The van der Waals surface area contributed by atoms with Crippen LogP contribution >= 0.6 is 0 Å². The number of rotatable bonds is 8. The predicted octanol–water partition coefficient (Wildman–Crippen LogP) is 0.136. The van der Waals surface area contributed by atoms with Crippen molar-refractivity contribution in [1.82, 2.24) is 28.9 Å². The summed E-state index contributed by atoms with van der Waals surface area (Å²) in [5.41, 5.74) is 6.16. The highest BCUT2D eigenvalue weighted by molar-refractivity contribution is 5.76. The Hall–Kier alpha value is -4.42. The fourth-order valence-corrected chi connectivity index (χ4v) is 3.56. The van der Waals surface area contributed by atoms with Crippen molar-refractivity contribution in [1.29, 1.82) is 0 Å². The maximum absolute atomic E-state index is 12.9. The van der Waals surface area contributed by atoms with Crippen LogP contribution in [0.5, 0.6) is 5.75 Å². The van der Waals surface area contributed by atoms with Crippen LogP contribution in [0.2, 0.25) is 0 Å². The molecule has 0 spiro atoms. The number of carbonyl (C=O) groups is 1. The molecule has 0 saturated heterocycles. The molecule has 1 aromatic carbocycles. The first kappa shape index (κ1) is 22.8. The zero-order chi connectivity index (χ0) is 24.6. The molecule has 13 nitrogen and oxygen atoms in total. The summed E-state index contributed by atoms with van der Waals surface area (Å²) < 4.78 is 15.0. The molecular formula is C21H24N8O5. The van der Waals surface area contributed by atoms with Gasteiger partial charge in [-0.1, -0.05) is 6.07 Å². The van der Waals surface area contributed by atoms with Gasteiger partial charge in [0.1, 0.15) is 12.3 Å². The quantitative estimate of drug-likeness (QED) is 0.366. The summed E-state index contributed by atoms with van der Waals surface area (Å²) in [4.78, 5) is 40.9. The van der Waals surface area contributed by atoms with Crippen LogP contribution in [-0.2, 0) is 25.4 Å². The van der Waals surface area contributed by atoms with Gasteiger partial charge < -0.3 is 20.2 Å². The minimum Gasteiger partial charge on any atom is -0.496 e. The second kappa shape index (κ2) is 8.84. The number of nitrogens with zero attached hydrogens (tertiary/aromatic N) is 6. The largest absolute Gasteiger partial charge is 0.496 e. The number of ether oxygens (including phenoxy) is 1. The van der Waals surface area contributed by atoms with Crippen LogP contribution in [0.3, 0.4) is 0 Å². The highest BCUT2D eigenvalue weighted by Gasteiger charge is 2.21. The third kappa shape index (κ3) is 4.02. The molecule has 13 heteroatoms. The summed E-state index contributed by atoms with van der Waals surface area (Å²) in [6, 6.07) is 5.51. The Morgan fingerprint density at radius 2 is 1.97 bits per heavy atom. The first-order chi connectivity index (χ1) is 16.2. The molecule has 0 radical (unpaired) electrons. The normalized spacial score (nSPS) is 11.2. The van der Waals surface area contributed by atoms with Gasteiger partial charge in [0, 0.05) is 32.6 Å². The topological polar surface area (TPSA) is 165 Å². The maximum atomic E-state index is 12.9. The molecule has 4 rings (SSSR count). The molecule has 3 N–H and O–H groups in total. The Bertz CT molecular complexity index is 1510. The van der Waals surface area contributed by atoms with Gasteiger partial charge in [-0.3, -0.25) is 23.3 Å². The van der Waals surface area contributed by atoms with Gasteiger partial charge in [-0.2, -0.15) is 4.98 Å². The Morgan fingerprint density at radius 3 is 2.68 bits per heavy atom. The van der Waals surface area contributed by atoms with Gasteiger partial charge in [0.25, 0.3) is 5.56 Å². The Balaban J connectivity index is 1.77. The SMILES string of the molecule is COc1cc(-c2nnc(Cn3c(NCCC(N)=O)nc4c3c(=O)n(C)c(=O)n4C)o2)ccc1C. The van der Waals surface area contributed by atoms with E-state index in [2.05, 4.69) is 20.5 Å². The second-order valence-corrected chi connectivity index (χ2v) is 7.73. The lowest BCUT2D eigenvalue weighted by Crippen LogP contribution is -2.37. The first-order valence-corrected chi connectivity index (χ1v) is 10.4. The standard InChI is InChI=1S/C21H24N8O5/c1-11-5-6-12(9-13(11)33-4)18-26-25-15(34-18)10-29-16-17(24-20(29)23-8-7-14(22)30)27(2)21(32)28(3)19(16)31/h5-6,9H,7-8,10H2,1-4H3,(H2,22,30)(H,23,24). The van der Waals surface area contributed by atoms with E-state index in [0.29, 0.717) is 11.3 Å². The van der Waals surface area contributed by atoms with Gasteiger partial charge in [0.2, 0.25) is 23.6 Å². The summed E-state index contributed by atoms with van der Waals surface area (Å²) >= 11 is 0. The van der Waals surface area contributed by atoms with E-state index >= 15 is 0 Å². The van der Waals surface area contributed by atoms with E-state index in [-0.39, 0.29) is 48.4 Å². The zero-order valence-corrected chi connectivity index (χ0v) is 19.2. The number of aryl methyl sites for hydroxylation is 2. The molecule has 178 valence electrons. The molecule has 34 heavy (non-hydrogen) atoms. The molecule has 0 fully saturated rings. The average Bonchev–Trinajstić information content (AvgIpc) is 3.42. The fourth-order valence-electron chi connectivity index (χ4n) is 3.56.